The molecule has 0 fully saturated rings. The topological polar surface area (TPSA) is 95.7 Å². The van der Waals surface area contributed by atoms with E-state index in [1.165, 1.54) is 0 Å². The van der Waals surface area contributed by atoms with Gasteiger partial charge in [-0.15, -0.1) is 16.4 Å². The van der Waals surface area contributed by atoms with Crippen molar-refractivity contribution < 1.29 is 4.52 Å². The molecule has 3 aromatic heterocycles. The highest BCUT2D eigenvalue weighted by Crippen LogP contribution is 2.21. The Kier molecular flexibility index (Phi) is 3.11. The summed E-state index contributed by atoms with van der Waals surface area (Å²) in [6, 6.07) is 3.90. The maximum atomic E-state index is 5.97. The number of thiophene rings is 1. The molecule has 3 heterocycles. The Hall–Kier alpha value is -2.06. The third-order valence-corrected chi connectivity index (χ3v) is 3.57. The zero-order valence-corrected chi connectivity index (χ0v) is 12.0. The molecule has 0 unspecified atom stereocenters. The summed E-state index contributed by atoms with van der Waals surface area (Å²) < 4.78 is 6.85. The molecule has 0 spiro atoms. The van der Waals surface area contributed by atoms with Crippen LogP contribution >= 0.6 is 11.3 Å². The van der Waals surface area contributed by atoms with Crippen LogP contribution in [0.3, 0.4) is 0 Å². The Balaban J connectivity index is 1.77. The minimum absolute atomic E-state index is 0.376. The van der Waals surface area contributed by atoms with Crippen LogP contribution in [-0.2, 0) is 12.1 Å². The second-order valence-electron chi connectivity index (χ2n) is 5.01. The summed E-state index contributed by atoms with van der Waals surface area (Å²) in [5.74, 6) is 1.08. The van der Waals surface area contributed by atoms with Crippen LogP contribution < -0.4 is 5.73 Å². The van der Waals surface area contributed by atoms with Crippen LogP contribution in [0.2, 0.25) is 0 Å². The fourth-order valence-corrected chi connectivity index (χ4v) is 2.28. The first-order valence-corrected chi connectivity index (χ1v) is 6.96. The third kappa shape index (κ3) is 2.61. The fourth-order valence-electron chi connectivity index (χ4n) is 1.63. The summed E-state index contributed by atoms with van der Waals surface area (Å²) in [6.45, 7) is 4.13. The van der Waals surface area contributed by atoms with Gasteiger partial charge in [-0.25, -0.2) is 4.68 Å². The van der Waals surface area contributed by atoms with E-state index < -0.39 is 5.54 Å². The van der Waals surface area contributed by atoms with E-state index in [1.54, 1.807) is 22.2 Å². The van der Waals surface area contributed by atoms with Crippen molar-refractivity contribution in [3.63, 3.8) is 0 Å². The highest BCUT2D eigenvalue weighted by Gasteiger charge is 2.19. The predicted molar refractivity (Wildman–Crippen MR) is 73.9 cm³/mol. The van der Waals surface area contributed by atoms with Crippen molar-refractivity contribution in [2.24, 2.45) is 5.73 Å². The predicted octanol–water partition coefficient (Wildman–Crippen LogP) is 1.63. The smallest absolute Gasteiger partial charge is 0.248 e. The first-order chi connectivity index (χ1) is 9.52. The number of nitrogens with zero attached hydrogens (tertiary/aromatic N) is 5. The summed E-state index contributed by atoms with van der Waals surface area (Å²) in [7, 11) is 0. The third-order valence-electron chi connectivity index (χ3n) is 2.71. The number of hydrogen-bond donors (Lipinski definition) is 1. The van der Waals surface area contributed by atoms with E-state index in [1.807, 2.05) is 31.4 Å². The van der Waals surface area contributed by atoms with Gasteiger partial charge >= 0.3 is 0 Å². The maximum Gasteiger partial charge on any atom is 0.248 e. The van der Waals surface area contributed by atoms with Gasteiger partial charge in [0.25, 0.3) is 0 Å². The highest BCUT2D eigenvalue weighted by atomic mass is 32.1. The van der Waals surface area contributed by atoms with Gasteiger partial charge in [0.2, 0.25) is 11.7 Å². The lowest BCUT2D eigenvalue weighted by Gasteiger charge is -2.13. The van der Waals surface area contributed by atoms with E-state index in [0.29, 0.717) is 18.3 Å². The van der Waals surface area contributed by atoms with Crippen molar-refractivity contribution >= 4 is 11.3 Å². The largest absolute Gasteiger partial charge is 0.337 e. The zero-order valence-electron chi connectivity index (χ0n) is 11.1. The summed E-state index contributed by atoms with van der Waals surface area (Å²) in [5.41, 5.74) is 6.17. The molecule has 0 saturated carbocycles. The van der Waals surface area contributed by atoms with E-state index in [9.17, 15) is 0 Å². The molecule has 3 rings (SSSR count). The lowest BCUT2D eigenvalue weighted by atomic mass is 10.0. The standard InChI is InChI=1S/C12H14N6OS/c1-12(2,13)9-6-18(17-15-9)7-10-14-11(16-19-10)8-4-3-5-20-8/h3-6H,7,13H2,1-2H3. The van der Waals surface area contributed by atoms with Gasteiger partial charge in [0.15, 0.2) is 0 Å². The van der Waals surface area contributed by atoms with Crippen LogP contribution in [0.25, 0.3) is 10.7 Å². The summed E-state index contributed by atoms with van der Waals surface area (Å²) in [5, 5.41) is 14.0. The van der Waals surface area contributed by atoms with E-state index in [2.05, 4.69) is 20.5 Å². The molecule has 0 aromatic carbocycles. The molecule has 8 heteroatoms. The Morgan fingerprint density at radius 2 is 2.30 bits per heavy atom. The SMILES string of the molecule is CC(C)(N)c1cn(Cc2nc(-c3cccs3)no2)nn1. The van der Waals surface area contributed by atoms with Gasteiger partial charge in [-0.05, 0) is 25.3 Å². The van der Waals surface area contributed by atoms with E-state index in [4.69, 9.17) is 10.3 Å². The molecule has 0 aliphatic rings. The first-order valence-electron chi connectivity index (χ1n) is 6.08. The molecular formula is C12H14N6OS. The number of nitrogens with two attached hydrogens (primary N) is 1. The molecule has 20 heavy (non-hydrogen) atoms. The van der Waals surface area contributed by atoms with Gasteiger partial charge < -0.3 is 10.3 Å². The van der Waals surface area contributed by atoms with Crippen molar-refractivity contribution in [1.82, 2.24) is 25.1 Å². The summed E-state index contributed by atoms with van der Waals surface area (Å²) in [4.78, 5) is 5.31. The minimum Gasteiger partial charge on any atom is -0.337 e. The van der Waals surface area contributed by atoms with Crippen LogP contribution in [-0.4, -0.2) is 25.1 Å². The molecule has 0 radical (unpaired) electrons. The van der Waals surface area contributed by atoms with Crippen molar-refractivity contribution in [1.29, 1.82) is 0 Å². The summed E-state index contributed by atoms with van der Waals surface area (Å²) >= 11 is 1.57. The number of aromatic nitrogens is 5. The van der Waals surface area contributed by atoms with Gasteiger partial charge in [-0.2, -0.15) is 4.98 Å². The second-order valence-corrected chi connectivity index (χ2v) is 5.96. The van der Waals surface area contributed by atoms with E-state index in [-0.39, 0.29) is 0 Å². The maximum absolute atomic E-state index is 5.97. The Morgan fingerprint density at radius 3 is 2.95 bits per heavy atom. The van der Waals surface area contributed by atoms with Crippen molar-refractivity contribution in [2.75, 3.05) is 0 Å². The van der Waals surface area contributed by atoms with Crippen LogP contribution in [0.15, 0.2) is 28.2 Å². The molecule has 0 atom stereocenters. The molecule has 7 nitrogen and oxygen atoms in total. The molecule has 0 aliphatic heterocycles. The van der Waals surface area contributed by atoms with E-state index in [0.717, 1.165) is 10.6 Å². The van der Waals surface area contributed by atoms with Crippen LogP contribution in [0, 0.1) is 0 Å². The number of rotatable bonds is 4. The van der Waals surface area contributed by atoms with Gasteiger partial charge in [0.05, 0.1) is 16.6 Å². The molecule has 0 amide bonds. The van der Waals surface area contributed by atoms with E-state index >= 15 is 0 Å². The molecule has 104 valence electrons. The van der Waals surface area contributed by atoms with Gasteiger partial charge in [0, 0.05) is 0 Å². The van der Waals surface area contributed by atoms with Crippen LogP contribution in [0.4, 0.5) is 0 Å². The Morgan fingerprint density at radius 1 is 1.45 bits per heavy atom. The quantitative estimate of drug-likeness (QED) is 0.784. The Bertz CT molecular complexity index is 694. The summed E-state index contributed by atoms with van der Waals surface area (Å²) in [6.07, 6.45) is 1.79. The van der Waals surface area contributed by atoms with Crippen molar-refractivity contribution in [3.8, 4) is 10.7 Å². The molecular weight excluding hydrogens is 276 g/mol. The molecule has 0 saturated heterocycles. The minimum atomic E-state index is -0.519. The van der Waals surface area contributed by atoms with Crippen molar-refractivity contribution in [3.05, 3.63) is 35.3 Å². The lowest BCUT2D eigenvalue weighted by molar-refractivity contribution is 0.364. The van der Waals surface area contributed by atoms with Gasteiger partial charge in [-0.1, -0.05) is 16.4 Å². The fraction of sp³-hybridized carbons (Fsp3) is 0.333. The Labute approximate surface area is 119 Å². The first kappa shape index (κ1) is 12.9. The normalized spacial score (nSPS) is 11.9. The average Bonchev–Trinajstić information content (AvgIpc) is 3.08. The number of hydrogen-bond acceptors (Lipinski definition) is 7. The van der Waals surface area contributed by atoms with Crippen LogP contribution in [0.1, 0.15) is 25.4 Å². The monoisotopic (exact) mass is 290 g/mol. The second kappa shape index (κ2) is 4.80. The lowest BCUT2D eigenvalue weighted by Crippen LogP contribution is -2.29. The molecule has 0 aliphatic carbocycles. The van der Waals surface area contributed by atoms with Gasteiger partial charge in [0.1, 0.15) is 12.2 Å². The van der Waals surface area contributed by atoms with Crippen LogP contribution in [0.5, 0.6) is 0 Å². The van der Waals surface area contributed by atoms with Gasteiger partial charge in [-0.3, -0.25) is 0 Å². The molecule has 2 N–H and O–H groups in total. The average molecular weight is 290 g/mol. The molecule has 3 aromatic rings. The van der Waals surface area contributed by atoms with Crippen molar-refractivity contribution in [2.45, 2.75) is 25.9 Å². The molecule has 0 bridgehead atoms. The highest BCUT2D eigenvalue weighted by molar-refractivity contribution is 7.13. The zero-order chi connectivity index (χ0) is 14.2.